The number of hydrogen-bond donors (Lipinski definition) is 1. The first kappa shape index (κ1) is 18.3. The smallest absolute Gasteiger partial charge is 0.346 e. The Bertz CT molecular complexity index is 887. The van der Waals surface area contributed by atoms with Crippen LogP contribution in [0.1, 0.15) is 24.8 Å². The fraction of sp³-hybridized carbons (Fsp3) is 0.238. The summed E-state index contributed by atoms with van der Waals surface area (Å²) >= 11 is 0. The van der Waals surface area contributed by atoms with Gasteiger partial charge in [-0.3, -0.25) is 0 Å². The van der Waals surface area contributed by atoms with Crippen LogP contribution in [0.3, 0.4) is 0 Å². The molecule has 0 saturated carbocycles. The number of carboxylic acids is 1. The lowest BCUT2D eigenvalue weighted by Gasteiger charge is -2.28. The van der Waals surface area contributed by atoms with Crippen molar-refractivity contribution in [3.8, 4) is 6.07 Å². The normalized spacial score (nSPS) is 14.9. The summed E-state index contributed by atoms with van der Waals surface area (Å²) in [5, 5.41) is 26.1. The standard InChI is InChI=1S/C21H20N4O2/c22-15-17(21(26)27)14-16-4-6-18(7-5-16)23-24-19-8-10-20(11-9-19)25-12-2-1-3-13-25/h4-11,14H,1-3,12-13H2,(H,26,27)/b17-14+,24-23?. The van der Waals surface area contributed by atoms with Crippen molar-refractivity contribution in [2.45, 2.75) is 19.3 Å². The maximum atomic E-state index is 10.9. The number of aliphatic carboxylic acids is 1. The third-order valence-electron chi connectivity index (χ3n) is 4.41. The number of hydrogen-bond acceptors (Lipinski definition) is 5. The first-order valence-electron chi connectivity index (χ1n) is 8.87. The molecule has 3 rings (SSSR count). The molecule has 0 aromatic heterocycles. The first-order chi connectivity index (χ1) is 13.2. The molecule has 0 bridgehead atoms. The lowest BCUT2D eigenvalue weighted by Crippen LogP contribution is -2.29. The number of piperidine rings is 1. The molecule has 1 fully saturated rings. The van der Waals surface area contributed by atoms with Gasteiger partial charge in [0.15, 0.2) is 0 Å². The Morgan fingerprint density at radius 3 is 2.04 bits per heavy atom. The van der Waals surface area contributed by atoms with E-state index in [1.807, 2.05) is 12.1 Å². The molecule has 1 N–H and O–H groups in total. The number of benzene rings is 2. The van der Waals surface area contributed by atoms with Crippen molar-refractivity contribution < 1.29 is 9.90 Å². The molecule has 0 atom stereocenters. The Morgan fingerprint density at radius 1 is 0.963 bits per heavy atom. The first-order valence-corrected chi connectivity index (χ1v) is 8.87. The summed E-state index contributed by atoms with van der Waals surface area (Å²) in [5.41, 5.74) is 2.96. The van der Waals surface area contributed by atoms with Crippen LogP contribution in [0.25, 0.3) is 6.08 Å². The Morgan fingerprint density at radius 2 is 1.52 bits per heavy atom. The maximum Gasteiger partial charge on any atom is 0.346 e. The van der Waals surface area contributed by atoms with Gasteiger partial charge >= 0.3 is 5.97 Å². The zero-order chi connectivity index (χ0) is 19.1. The summed E-state index contributed by atoms with van der Waals surface area (Å²) in [6, 6.07) is 16.6. The number of rotatable bonds is 5. The van der Waals surface area contributed by atoms with Crippen LogP contribution in [0.4, 0.5) is 17.1 Å². The van der Waals surface area contributed by atoms with E-state index in [1.54, 1.807) is 30.3 Å². The summed E-state index contributed by atoms with van der Waals surface area (Å²) in [6.45, 7) is 2.22. The van der Waals surface area contributed by atoms with E-state index < -0.39 is 5.97 Å². The molecule has 0 aliphatic carbocycles. The molecule has 1 saturated heterocycles. The minimum Gasteiger partial charge on any atom is -0.477 e. The Balaban J connectivity index is 1.65. The summed E-state index contributed by atoms with van der Waals surface area (Å²) in [7, 11) is 0. The van der Waals surface area contributed by atoms with Crippen LogP contribution < -0.4 is 4.90 Å². The van der Waals surface area contributed by atoms with Crippen LogP contribution in [-0.4, -0.2) is 24.2 Å². The molecule has 27 heavy (non-hydrogen) atoms. The van der Waals surface area contributed by atoms with Crippen molar-refractivity contribution in [3.05, 3.63) is 59.7 Å². The van der Waals surface area contributed by atoms with Crippen molar-refractivity contribution >= 4 is 29.1 Å². The molecule has 2 aromatic rings. The predicted molar refractivity (Wildman–Crippen MR) is 104 cm³/mol. The van der Waals surface area contributed by atoms with Gasteiger partial charge in [-0.25, -0.2) is 4.79 Å². The molecule has 136 valence electrons. The Hall–Kier alpha value is -3.46. The van der Waals surface area contributed by atoms with Crippen molar-refractivity contribution in [1.82, 2.24) is 0 Å². The molecule has 1 aliphatic heterocycles. The van der Waals surface area contributed by atoms with Gasteiger partial charge in [-0.15, -0.1) is 0 Å². The molecule has 0 unspecified atom stereocenters. The van der Waals surface area contributed by atoms with E-state index in [0.717, 1.165) is 18.8 Å². The lowest BCUT2D eigenvalue weighted by atomic mass is 10.1. The largest absolute Gasteiger partial charge is 0.477 e. The van der Waals surface area contributed by atoms with Gasteiger partial charge in [-0.2, -0.15) is 15.5 Å². The summed E-state index contributed by atoms with van der Waals surface area (Å²) in [6.07, 6.45) is 5.12. The molecule has 1 heterocycles. The van der Waals surface area contributed by atoms with Crippen LogP contribution in [0.5, 0.6) is 0 Å². The number of azo groups is 1. The third kappa shape index (κ3) is 5.02. The molecule has 6 heteroatoms. The molecular formula is C21H20N4O2. The van der Waals surface area contributed by atoms with E-state index in [-0.39, 0.29) is 5.57 Å². The molecule has 0 spiro atoms. The van der Waals surface area contributed by atoms with E-state index in [1.165, 1.54) is 31.0 Å². The highest BCUT2D eigenvalue weighted by Gasteiger charge is 2.10. The van der Waals surface area contributed by atoms with Gasteiger partial charge < -0.3 is 10.0 Å². The molecular weight excluding hydrogens is 340 g/mol. The van der Waals surface area contributed by atoms with Gasteiger partial charge in [0.1, 0.15) is 11.6 Å². The van der Waals surface area contributed by atoms with Gasteiger partial charge in [0, 0.05) is 18.8 Å². The number of carboxylic acid groups (broad SMARTS) is 1. The number of anilines is 1. The lowest BCUT2D eigenvalue weighted by molar-refractivity contribution is -0.132. The average Bonchev–Trinajstić information content (AvgIpc) is 2.72. The summed E-state index contributed by atoms with van der Waals surface area (Å²) in [4.78, 5) is 13.3. The van der Waals surface area contributed by atoms with E-state index in [9.17, 15) is 4.79 Å². The van der Waals surface area contributed by atoms with Gasteiger partial charge in [0.25, 0.3) is 0 Å². The number of nitrogens with zero attached hydrogens (tertiary/aromatic N) is 4. The molecule has 0 radical (unpaired) electrons. The van der Waals surface area contributed by atoms with E-state index >= 15 is 0 Å². The fourth-order valence-corrected chi connectivity index (χ4v) is 2.94. The molecule has 2 aromatic carbocycles. The predicted octanol–water partition coefficient (Wildman–Crippen LogP) is 5.08. The van der Waals surface area contributed by atoms with Gasteiger partial charge in [-0.05, 0) is 67.3 Å². The minimum atomic E-state index is -1.24. The van der Waals surface area contributed by atoms with Crippen molar-refractivity contribution in [3.63, 3.8) is 0 Å². The quantitative estimate of drug-likeness (QED) is 0.457. The van der Waals surface area contributed by atoms with Crippen LogP contribution in [-0.2, 0) is 4.79 Å². The van der Waals surface area contributed by atoms with Crippen LogP contribution in [0, 0.1) is 11.3 Å². The van der Waals surface area contributed by atoms with E-state index in [2.05, 4.69) is 27.3 Å². The number of nitriles is 1. The van der Waals surface area contributed by atoms with Crippen LogP contribution in [0.15, 0.2) is 64.3 Å². The Labute approximate surface area is 158 Å². The minimum absolute atomic E-state index is 0.307. The average molecular weight is 360 g/mol. The van der Waals surface area contributed by atoms with E-state index in [0.29, 0.717) is 11.3 Å². The third-order valence-corrected chi connectivity index (χ3v) is 4.41. The second-order valence-electron chi connectivity index (χ2n) is 6.33. The van der Waals surface area contributed by atoms with Crippen molar-refractivity contribution in [1.29, 1.82) is 5.26 Å². The highest BCUT2D eigenvalue weighted by molar-refractivity contribution is 5.96. The van der Waals surface area contributed by atoms with Crippen LogP contribution >= 0.6 is 0 Å². The summed E-state index contributed by atoms with van der Waals surface area (Å²) < 4.78 is 0. The zero-order valence-electron chi connectivity index (χ0n) is 14.9. The highest BCUT2D eigenvalue weighted by atomic mass is 16.4. The van der Waals surface area contributed by atoms with Crippen molar-refractivity contribution in [2.24, 2.45) is 10.2 Å². The summed E-state index contributed by atoms with van der Waals surface area (Å²) in [5.74, 6) is -1.24. The topological polar surface area (TPSA) is 89.0 Å². The van der Waals surface area contributed by atoms with E-state index in [4.69, 9.17) is 10.4 Å². The second kappa shape index (κ2) is 8.77. The number of carbonyl (C=O) groups is 1. The zero-order valence-corrected chi connectivity index (χ0v) is 14.9. The molecule has 6 nitrogen and oxygen atoms in total. The SMILES string of the molecule is N#C/C(=C\c1ccc(N=Nc2ccc(N3CCCCC3)cc2)cc1)C(=O)O. The Kier molecular flexibility index (Phi) is 5.95. The maximum absolute atomic E-state index is 10.9. The van der Waals surface area contributed by atoms with Gasteiger partial charge in [0.05, 0.1) is 11.4 Å². The molecule has 0 amide bonds. The van der Waals surface area contributed by atoms with Gasteiger partial charge in [0.2, 0.25) is 0 Å². The molecule has 1 aliphatic rings. The monoisotopic (exact) mass is 360 g/mol. The second-order valence-corrected chi connectivity index (χ2v) is 6.33. The van der Waals surface area contributed by atoms with Crippen molar-refractivity contribution in [2.75, 3.05) is 18.0 Å². The van der Waals surface area contributed by atoms with Gasteiger partial charge in [-0.1, -0.05) is 12.1 Å². The van der Waals surface area contributed by atoms with Crippen LogP contribution in [0.2, 0.25) is 0 Å². The fourth-order valence-electron chi connectivity index (χ4n) is 2.94. The highest BCUT2D eigenvalue weighted by Crippen LogP contribution is 2.24.